The molecule has 0 aromatic heterocycles. The minimum atomic E-state index is -1.30. The first-order valence-electron chi connectivity index (χ1n) is 7.07. The Labute approximate surface area is 120 Å². The maximum Gasteiger partial charge on any atom is 0.139 e. The van der Waals surface area contributed by atoms with Crippen molar-refractivity contribution >= 4 is 10.8 Å². The molecule has 2 saturated heterocycles. The van der Waals surface area contributed by atoms with Crippen LogP contribution in [0.15, 0.2) is 29.2 Å². The first-order chi connectivity index (χ1) is 9.70. The molecule has 20 heavy (non-hydrogen) atoms. The third-order valence-electron chi connectivity index (χ3n) is 4.21. The van der Waals surface area contributed by atoms with Crippen molar-refractivity contribution < 1.29 is 18.1 Å². The second kappa shape index (κ2) is 5.92. The molecule has 2 unspecified atom stereocenters. The summed E-state index contributed by atoms with van der Waals surface area (Å²) in [5.74, 6) is -0.377. The van der Waals surface area contributed by atoms with Gasteiger partial charge < -0.3 is 9.47 Å². The lowest BCUT2D eigenvalue weighted by molar-refractivity contribution is -0.131. The van der Waals surface area contributed by atoms with Crippen molar-refractivity contribution in [1.82, 2.24) is 0 Å². The lowest BCUT2D eigenvalue weighted by Crippen LogP contribution is -2.47. The van der Waals surface area contributed by atoms with Crippen LogP contribution >= 0.6 is 0 Å². The lowest BCUT2D eigenvalue weighted by Gasteiger charge is -2.43. The van der Waals surface area contributed by atoms with E-state index in [4.69, 9.17) is 9.47 Å². The summed E-state index contributed by atoms with van der Waals surface area (Å²) in [6.07, 6.45) is 3.15. The second-order valence-electron chi connectivity index (χ2n) is 5.49. The molecule has 1 spiro atoms. The molecular formula is C15H19FO3S. The summed E-state index contributed by atoms with van der Waals surface area (Å²) >= 11 is 0. The van der Waals surface area contributed by atoms with Gasteiger partial charge >= 0.3 is 0 Å². The molecule has 2 fully saturated rings. The molecular weight excluding hydrogens is 279 g/mol. The van der Waals surface area contributed by atoms with E-state index in [1.54, 1.807) is 18.2 Å². The van der Waals surface area contributed by atoms with E-state index in [1.807, 2.05) is 0 Å². The Morgan fingerprint density at radius 2 is 1.95 bits per heavy atom. The van der Waals surface area contributed by atoms with E-state index >= 15 is 0 Å². The first kappa shape index (κ1) is 14.2. The molecule has 0 saturated carbocycles. The number of rotatable bonds is 2. The molecule has 1 aromatic rings. The SMILES string of the molecule is O=S(c1ccccc1F)C1CCOC2(CCOCC2)C1. The van der Waals surface area contributed by atoms with E-state index in [9.17, 15) is 8.60 Å². The molecule has 2 aliphatic rings. The molecule has 0 amide bonds. The maximum atomic E-state index is 13.8. The van der Waals surface area contributed by atoms with Gasteiger partial charge in [0.25, 0.3) is 0 Å². The number of hydrogen-bond acceptors (Lipinski definition) is 3. The molecule has 5 heteroatoms. The van der Waals surface area contributed by atoms with E-state index in [-0.39, 0.29) is 16.7 Å². The standard InChI is InChI=1S/C15H19FO3S/c16-13-3-1-2-4-14(13)20(17)12-5-8-19-15(11-12)6-9-18-10-7-15/h1-4,12H,5-11H2. The lowest BCUT2D eigenvalue weighted by atomic mass is 9.86. The van der Waals surface area contributed by atoms with E-state index in [2.05, 4.69) is 0 Å². The number of halogens is 1. The molecule has 2 atom stereocenters. The highest BCUT2D eigenvalue weighted by Gasteiger charge is 2.41. The fraction of sp³-hybridized carbons (Fsp3) is 0.600. The second-order valence-corrected chi connectivity index (χ2v) is 7.19. The van der Waals surface area contributed by atoms with Crippen molar-refractivity contribution in [1.29, 1.82) is 0 Å². The van der Waals surface area contributed by atoms with E-state index in [0.29, 0.717) is 24.7 Å². The van der Waals surface area contributed by atoms with Gasteiger partial charge in [0.1, 0.15) is 5.82 Å². The van der Waals surface area contributed by atoms with Gasteiger partial charge in [-0.25, -0.2) is 4.39 Å². The monoisotopic (exact) mass is 298 g/mol. The van der Waals surface area contributed by atoms with Gasteiger partial charge in [0.05, 0.1) is 21.3 Å². The minimum absolute atomic E-state index is 0.0289. The van der Waals surface area contributed by atoms with Crippen LogP contribution in [0.1, 0.15) is 25.7 Å². The van der Waals surface area contributed by atoms with Crippen LogP contribution in [0, 0.1) is 5.82 Å². The molecule has 0 N–H and O–H groups in total. The predicted molar refractivity (Wildman–Crippen MR) is 74.6 cm³/mol. The number of ether oxygens (including phenoxy) is 2. The van der Waals surface area contributed by atoms with Crippen LogP contribution in [0.2, 0.25) is 0 Å². The fourth-order valence-corrected chi connectivity index (χ4v) is 4.64. The molecule has 0 aliphatic carbocycles. The molecule has 2 aliphatic heterocycles. The maximum absolute atomic E-state index is 13.8. The highest BCUT2D eigenvalue weighted by Crippen LogP contribution is 2.37. The van der Waals surface area contributed by atoms with Crippen LogP contribution in [-0.4, -0.2) is 34.9 Å². The third-order valence-corrected chi connectivity index (χ3v) is 5.98. The average molecular weight is 298 g/mol. The summed E-state index contributed by atoms with van der Waals surface area (Å²) in [5, 5.41) is -0.0289. The third kappa shape index (κ3) is 2.80. The Balaban J connectivity index is 1.77. The van der Waals surface area contributed by atoms with Gasteiger partial charge in [0, 0.05) is 25.1 Å². The van der Waals surface area contributed by atoms with Crippen LogP contribution in [0.3, 0.4) is 0 Å². The zero-order valence-corrected chi connectivity index (χ0v) is 12.2. The summed E-state index contributed by atoms with van der Waals surface area (Å²) in [7, 11) is -1.30. The Hall–Kier alpha value is -0.780. The fourth-order valence-electron chi connectivity index (χ4n) is 3.04. The topological polar surface area (TPSA) is 35.5 Å². The molecule has 1 aromatic carbocycles. The number of hydrogen-bond donors (Lipinski definition) is 0. The predicted octanol–water partition coefficient (Wildman–Crippen LogP) is 2.66. The summed E-state index contributed by atoms with van der Waals surface area (Å²) < 4.78 is 37.7. The van der Waals surface area contributed by atoms with Crippen molar-refractivity contribution in [3.8, 4) is 0 Å². The van der Waals surface area contributed by atoms with Crippen LogP contribution in [0.5, 0.6) is 0 Å². The summed E-state index contributed by atoms with van der Waals surface area (Å²) in [6, 6.07) is 6.36. The molecule has 3 nitrogen and oxygen atoms in total. The zero-order chi connectivity index (χ0) is 14.0. The number of benzene rings is 1. The molecule has 110 valence electrons. The average Bonchev–Trinajstić information content (AvgIpc) is 2.48. The van der Waals surface area contributed by atoms with Gasteiger partial charge in [-0.05, 0) is 37.8 Å². The Morgan fingerprint density at radius 1 is 1.20 bits per heavy atom. The summed E-state index contributed by atoms with van der Waals surface area (Å²) in [4.78, 5) is 0.321. The first-order valence-corrected chi connectivity index (χ1v) is 8.28. The highest BCUT2D eigenvalue weighted by atomic mass is 32.2. The Morgan fingerprint density at radius 3 is 2.70 bits per heavy atom. The van der Waals surface area contributed by atoms with Crippen LogP contribution in [0.4, 0.5) is 4.39 Å². The quantitative estimate of drug-likeness (QED) is 0.842. The van der Waals surface area contributed by atoms with Gasteiger partial charge in [0.2, 0.25) is 0 Å². The van der Waals surface area contributed by atoms with Crippen LogP contribution in [0.25, 0.3) is 0 Å². The van der Waals surface area contributed by atoms with Gasteiger partial charge in [0.15, 0.2) is 0 Å². The molecule has 0 radical (unpaired) electrons. The van der Waals surface area contributed by atoms with Crippen molar-refractivity contribution in [3.63, 3.8) is 0 Å². The molecule has 3 rings (SSSR count). The van der Waals surface area contributed by atoms with Gasteiger partial charge in [-0.1, -0.05) is 12.1 Å². The highest BCUT2D eigenvalue weighted by molar-refractivity contribution is 7.85. The zero-order valence-electron chi connectivity index (χ0n) is 11.3. The van der Waals surface area contributed by atoms with Crippen LogP contribution < -0.4 is 0 Å². The van der Waals surface area contributed by atoms with Crippen molar-refractivity contribution in [2.24, 2.45) is 0 Å². The van der Waals surface area contributed by atoms with Gasteiger partial charge in [-0.3, -0.25) is 4.21 Å². The molecule has 0 bridgehead atoms. The minimum Gasteiger partial charge on any atom is -0.381 e. The normalized spacial score (nSPS) is 27.4. The smallest absolute Gasteiger partial charge is 0.139 e. The van der Waals surface area contributed by atoms with Crippen molar-refractivity contribution in [2.75, 3.05) is 19.8 Å². The Kier molecular flexibility index (Phi) is 4.19. The Bertz CT molecular complexity index is 494. The largest absolute Gasteiger partial charge is 0.381 e. The summed E-state index contributed by atoms with van der Waals surface area (Å²) in [5.41, 5.74) is -0.206. The van der Waals surface area contributed by atoms with Gasteiger partial charge in [-0.2, -0.15) is 0 Å². The van der Waals surface area contributed by atoms with Crippen LogP contribution in [-0.2, 0) is 20.3 Å². The van der Waals surface area contributed by atoms with Gasteiger partial charge in [-0.15, -0.1) is 0 Å². The molecule has 2 heterocycles. The van der Waals surface area contributed by atoms with E-state index in [1.165, 1.54) is 6.07 Å². The summed E-state index contributed by atoms with van der Waals surface area (Å²) in [6.45, 7) is 1.99. The van der Waals surface area contributed by atoms with E-state index in [0.717, 1.165) is 25.7 Å². The van der Waals surface area contributed by atoms with Crippen molar-refractivity contribution in [2.45, 2.75) is 41.4 Å². The van der Waals surface area contributed by atoms with Crippen molar-refractivity contribution in [3.05, 3.63) is 30.1 Å². The van der Waals surface area contributed by atoms with E-state index < -0.39 is 10.8 Å².